The Morgan fingerprint density at radius 3 is 2.80 bits per heavy atom. The quantitative estimate of drug-likeness (QED) is 0.506. The number of likely N-dealkylation sites (tertiary alicyclic amines) is 1. The van der Waals surface area contributed by atoms with Crippen molar-refractivity contribution in [2.75, 3.05) is 19.7 Å². The summed E-state index contributed by atoms with van der Waals surface area (Å²) in [5.41, 5.74) is 4.52. The van der Waals surface area contributed by atoms with Crippen molar-refractivity contribution in [1.29, 1.82) is 0 Å². The topological polar surface area (TPSA) is 81.7 Å². The van der Waals surface area contributed by atoms with E-state index in [1.165, 1.54) is 6.92 Å². The monoisotopic (exact) mass is 215 g/mol. The van der Waals surface area contributed by atoms with E-state index < -0.39 is 0 Å². The summed E-state index contributed by atoms with van der Waals surface area (Å²) in [5, 5.41) is 9.02. The second-order valence-electron chi connectivity index (χ2n) is 3.68. The minimum absolute atomic E-state index is 0.0768. The number of carbonyl (C=O) groups excluding carboxylic acids is 2. The molecule has 86 valence electrons. The van der Waals surface area contributed by atoms with Gasteiger partial charge >= 0.3 is 0 Å². The van der Waals surface area contributed by atoms with Crippen LogP contribution in [0.1, 0.15) is 19.8 Å². The number of amides is 2. The van der Waals surface area contributed by atoms with Gasteiger partial charge in [-0.15, -0.1) is 0 Å². The first-order valence-corrected chi connectivity index (χ1v) is 5.04. The first-order valence-electron chi connectivity index (χ1n) is 5.04. The molecule has 2 amide bonds. The summed E-state index contributed by atoms with van der Waals surface area (Å²) in [5.74, 6) is -0.561. The molecule has 0 aliphatic carbocycles. The maximum absolute atomic E-state index is 11.3. The summed E-state index contributed by atoms with van der Waals surface area (Å²) in [6.45, 7) is 2.43. The lowest BCUT2D eigenvalue weighted by atomic mass is 10.2. The molecule has 1 aliphatic heterocycles. The van der Waals surface area contributed by atoms with Crippen LogP contribution in [0.15, 0.2) is 0 Å². The van der Waals surface area contributed by atoms with Crippen LogP contribution < -0.4 is 10.9 Å². The second kappa shape index (κ2) is 5.67. The lowest BCUT2D eigenvalue weighted by molar-refractivity contribution is -0.128. The molecule has 1 aliphatic rings. The number of carbonyl (C=O) groups is 2. The van der Waals surface area contributed by atoms with Crippen LogP contribution in [0.2, 0.25) is 0 Å². The number of rotatable bonds is 3. The van der Waals surface area contributed by atoms with Crippen LogP contribution in [-0.4, -0.2) is 47.6 Å². The lowest BCUT2D eigenvalue weighted by Crippen LogP contribution is -2.47. The van der Waals surface area contributed by atoms with Crippen molar-refractivity contribution in [3.63, 3.8) is 0 Å². The average Bonchev–Trinajstić information content (AvgIpc) is 2.62. The van der Waals surface area contributed by atoms with Gasteiger partial charge in [0.25, 0.3) is 5.91 Å². The van der Waals surface area contributed by atoms with Crippen molar-refractivity contribution in [1.82, 2.24) is 15.8 Å². The van der Waals surface area contributed by atoms with Crippen LogP contribution in [0.25, 0.3) is 0 Å². The van der Waals surface area contributed by atoms with E-state index in [1.54, 1.807) is 0 Å². The first kappa shape index (κ1) is 11.9. The third-order valence-corrected chi connectivity index (χ3v) is 2.43. The molecule has 6 nitrogen and oxygen atoms in total. The van der Waals surface area contributed by atoms with Crippen LogP contribution >= 0.6 is 0 Å². The molecule has 0 radical (unpaired) electrons. The fourth-order valence-electron chi connectivity index (χ4n) is 1.69. The highest BCUT2D eigenvalue weighted by Gasteiger charge is 2.25. The highest BCUT2D eigenvalue weighted by molar-refractivity contribution is 5.81. The van der Waals surface area contributed by atoms with Crippen LogP contribution in [0.4, 0.5) is 0 Å². The zero-order valence-corrected chi connectivity index (χ0v) is 8.82. The average molecular weight is 215 g/mol. The summed E-state index contributed by atoms with van der Waals surface area (Å²) in [4.78, 5) is 23.8. The molecule has 1 fully saturated rings. The normalized spacial score (nSPS) is 21.3. The maximum Gasteiger partial charge on any atom is 0.252 e. The molecule has 0 saturated carbocycles. The van der Waals surface area contributed by atoms with Crippen molar-refractivity contribution in [3.05, 3.63) is 0 Å². The Kier molecular flexibility index (Phi) is 4.51. The molecule has 1 heterocycles. The summed E-state index contributed by atoms with van der Waals surface area (Å²) >= 11 is 0. The smallest absolute Gasteiger partial charge is 0.252 e. The van der Waals surface area contributed by atoms with Gasteiger partial charge in [-0.1, -0.05) is 0 Å². The highest BCUT2D eigenvalue weighted by Crippen LogP contribution is 2.15. The number of aliphatic hydroxyl groups excluding tert-OH is 1. The third-order valence-electron chi connectivity index (χ3n) is 2.43. The van der Waals surface area contributed by atoms with Crippen molar-refractivity contribution < 1.29 is 14.7 Å². The van der Waals surface area contributed by atoms with E-state index >= 15 is 0 Å². The summed E-state index contributed by atoms with van der Waals surface area (Å²) < 4.78 is 0. The molecular formula is C9H17N3O3. The number of nitrogens with zero attached hydrogens (tertiary/aromatic N) is 1. The zero-order valence-electron chi connectivity index (χ0n) is 8.82. The van der Waals surface area contributed by atoms with E-state index in [9.17, 15) is 9.59 Å². The van der Waals surface area contributed by atoms with E-state index in [1.807, 2.05) is 4.90 Å². The van der Waals surface area contributed by atoms with Gasteiger partial charge in [0.1, 0.15) is 0 Å². The third kappa shape index (κ3) is 3.85. The van der Waals surface area contributed by atoms with Gasteiger partial charge < -0.3 is 5.11 Å². The largest absolute Gasteiger partial charge is 0.395 e. The van der Waals surface area contributed by atoms with Crippen molar-refractivity contribution in [2.24, 2.45) is 0 Å². The number of aliphatic hydroxyl groups is 1. The molecule has 3 N–H and O–H groups in total. The van der Waals surface area contributed by atoms with E-state index in [2.05, 4.69) is 10.9 Å². The molecule has 0 aromatic heterocycles. The summed E-state index contributed by atoms with van der Waals surface area (Å²) in [7, 11) is 0. The highest BCUT2D eigenvalue weighted by atomic mass is 16.3. The molecule has 0 spiro atoms. The predicted octanol–water partition coefficient (Wildman–Crippen LogP) is -1.39. The summed E-state index contributed by atoms with van der Waals surface area (Å²) in [6.07, 6.45) is 1.92. The van der Waals surface area contributed by atoms with Gasteiger partial charge in [-0.25, -0.2) is 0 Å². The van der Waals surface area contributed by atoms with Crippen LogP contribution in [0.3, 0.4) is 0 Å². The molecule has 0 aromatic rings. The van der Waals surface area contributed by atoms with Gasteiger partial charge in [0.15, 0.2) is 0 Å². The van der Waals surface area contributed by atoms with E-state index in [0.29, 0.717) is 0 Å². The molecule has 1 atom stereocenters. The Morgan fingerprint density at radius 2 is 2.20 bits per heavy atom. The zero-order chi connectivity index (χ0) is 11.3. The van der Waals surface area contributed by atoms with Crippen molar-refractivity contribution >= 4 is 11.8 Å². The van der Waals surface area contributed by atoms with Gasteiger partial charge in [0.05, 0.1) is 13.2 Å². The minimum atomic E-state index is -0.302. The minimum Gasteiger partial charge on any atom is -0.395 e. The van der Waals surface area contributed by atoms with Gasteiger partial charge in [-0.3, -0.25) is 25.3 Å². The number of hydrazine groups is 1. The van der Waals surface area contributed by atoms with E-state index in [4.69, 9.17) is 5.11 Å². The van der Waals surface area contributed by atoms with Crippen molar-refractivity contribution in [3.8, 4) is 0 Å². The molecule has 0 aromatic carbocycles. The molecule has 0 unspecified atom stereocenters. The van der Waals surface area contributed by atoms with E-state index in [-0.39, 0.29) is 31.0 Å². The maximum atomic E-state index is 11.3. The lowest BCUT2D eigenvalue weighted by Gasteiger charge is -2.21. The Hall–Kier alpha value is -1.14. The molecular weight excluding hydrogens is 198 g/mol. The van der Waals surface area contributed by atoms with E-state index in [0.717, 1.165) is 19.4 Å². The van der Waals surface area contributed by atoms with Crippen molar-refractivity contribution in [2.45, 2.75) is 25.8 Å². The fraction of sp³-hybridized carbons (Fsp3) is 0.778. The summed E-state index contributed by atoms with van der Waals surface area (Å²) in [6, 6.07) is 0.0769. The Bertz CT molecular complexity index is 245. The molecule has 6 heteroatoms. The number of hydrogen-bond acceptors (Lipinski definition) is 4. The standard InChI is InChI=1S/C9H17N3O3/c1-7(14)10-11-9(15)5-12-4-2-3-8(12)6-13/h8,13H,2-6H2,1H3,(H,10,14)(H,11,15)/t8-/m0/s1. The fourth-order valence-corrected chi connectivity index (χ4v) is 1.69. The molecule has 0 bridgehead atoms. The van der Waals surface area contributed by atoms with Gasteiger partial charge in [0, 0.05) is 13.0 Å². The van der Waals surface area contributed by atoms with Crippen LogP contribution in [0.5, 0.6) is 0 Å². The Morgan fingerprint density at radius 1 is 1.47 bits per heavy atom. The van der Waals surface area contributed by atoms with Gasteiger partial charge in [-0.2, -0.15) is 0 Å². The number of nitrogens with one attached hydrogen (secondary N) is 2. The Labute approximate surface area is 88.6 Å². The van der Waals surface area contributed by atoms with Crippen LogP contribution in [-0.2, 0) is 9.59 Å². The first-order chi connectivity index (χ1) is 7.13. The molecule has 1 rings (SSSR count). The predicted molar refractivity (Wildman–Crippen MR) is 53.6 cm³/mol. The van der Waals surface area contributed by atoms with Gasteiger partial charge in [-0.05, 0) is 19.4 Å². The van der Waals surface area contributed by atoms with Crippen LogP contribution in [0, 0.1) is 0 Å². The van der Waals surface area contributed by atoms with Gasteiger partial charge in [0.2, 0.25) is 5.91 Å². The number of hydrogen-bond donors (Lipinski definition) is 3. The SMILES string of the molecule is CC(=O)NNC(=O)CN1CCC[C@H]1CO. The molecule has 15 heavy (non-hydrogen) atoms. The Balaban J connectivity index is 2.27. The molecule has 1 saturated heterocycles. The second-order valence-corrected chi connectivity index (χ2v) is 3.68.